The van der Waals surface area contributed by atoms with Crippen molar-refractivity contribution >= 4 is 12.0 Å². The van der Waals surface area contributed by atoms with Gasteiger partial charge in [0.1, 0.15) is 6.04 Å². The number of hydrogen-bond acceptors (Lipinski definition) is 3. The SMILES string of the molecule is CCC(C)C(NC(=O)NCCCCn1ccnc1)C(=O)O. The predicted octanol–water partition coefficient (Wildman–Crippen LogP) is 1.46. The van der Waals surface area contributed by atoms with Crippen LogP contribution < -0.4 is 10.6 Å². The Bertz CT molecular complexity index is 433. The lowest BCUT2D eigenvalue weighted by Crippen LogP contribution is -2.49. The molecule has 0 aliphatic carbocycles. The first-order valence-electron chi connectivity index (χ1n) is 7.27. The van der Waals surface area contributed by atoms with Crippen molar-refractivity contribution in [1.29, 1.82) is 0 Å². The summed E-state index contributed by atoms with van der Waals surface area (Å²) in [4.78, 5) is 26.7. The van der Waals surface area contributed by atoms with Crippen LogP contribution in [0.1, 0.15) is 33.1 Å². The van der Waals surface area contributed by atoms with E-state index in [1.165, 1.54) is 0 Å². The summed E-state index contributed by atoms with van der Waals surface area (Å²) < 4.78 is 1.98. The standard InChI is InChI=1S/C14H24N4O3/c1-3-11(2)12(13(19)20)17-14(21)16-6-4-5-8-18-9-7-15-10-18/h7,9-12H,3-6,8H2,1-2H3,(H,19,20)(H2,16,17,21). The molecule has 1 aromatic heterocycles. The number of aromatic nitrogens is 2. The molecule has 21 heavy (non-hydrogen) atoms. The number of aryl methyl sites for hydroxylation is 1. The minimum atomic E-state index is -1.00. The van der Waals surface area contributed by atoms with Gasteiger partial charge in [-0.2, -0.15) is 0 Å². The second kappa shape index (κ2) is 8.99. The Morgan fingerprint density at radius 3 is 2.71 bits per heavy atom. The normalized spacial score (nSPS) is 13.4. The van der Waals surface area contributed by atoms with Crippen LogP contribution in [0.2, 0.25) is 0 Å². The number of amides is 2. The Morgan fingerprint density at radius 2 is 2.14 bits per heavy atom. The zero-order chi connectivity index (χ0) is 15.7. The minimum Gasteiger partial charge on any atom is -0.480 e. The quantitative estimate of drug-likeness (QED) is 0.601. The van der Waals surface area contributed by atoms with Gasteiger partial charge in [0.15, 0.2) is 0 Å². The van der Waals surface area contributed by atoms with Gasteiger partial charge in [-0.15, -0.1) is 0 Å². The van der Waals surface area contributed by atoms with Crippen molar-refractivity contribution < 1.29 is 14.7 Å². The molecular weight excluding hydrogens is 272 g/mol. The van der Waals surface area contributed by atoms with Crippen LogP contribution >= 0.6 is 0 Å². The summed E-state index contributed by atoms with van der Waals surface area (Å²) in [6.07, 6.45) is 7.82. The number of hydrogen-bond donors (Lipinski definition) is 3. The molecule has 0 radical (unpaired) electrons. The Balaban J connectivity index is 2.19. The molecule has 7 heteroatoms. The highest BCUT2D eigenvalue weighted by molar-refractivity contribution is 5.82. The second-order valence-electron chi connectivity index (χ2n) is 5.11. The van der Waals surface area contributed by atoms with Crippen LogP contribution in [0.4, 0.5) is 4.79 Å². The predicted molar refractivity (Wildman–Crippen MR) is 78.9 cm³/mol. The Kier molecular flexibility index (Phi) is 7.28. The fourth-order valence-corrected chi connectivity index (χ4v) is 1.92. The number of unbranched alkanes of at least 4 members (excludes halogenated alkanes) is 1. The van der Waals surface area contributed by atoms with Gasteiger partial charge >= 0.3 is 12.0 Å². The number of nitrogens with zero attached hydrogens (tertiary/aromatic N) is 2. The van der Waals surface area contributed by atoms with Gasteiger partial charge in [0.05, 0.1) is 6.33 Å². The average Bonchev–Trinajstić information content (AvgIpc) is 2.96. The third-order valence-electron chi connectivity index (χ3n) is 3.45. The number of carbonyl (C=O) groups is 2. The fraction of sp³-hybridized carbons (Fsp3) is 0.643. The van der Waals surface area contributed by atoms with Crippen LogP contribution in [-0.2, 0) is 11.3 Å². The molecule has 3 N–H and O–H groups in total. The van der Waals surface area contributed by atoms with Gasteiger partial charge in [0, 0.05) is 25.5 Å². The topological polar surface area (TPSA) is 96.3 Å². The fourth-order valence-electron chi connectivity index (χ4n) is 1.92. The molecule has 0 fully saturated rings. The van der Waals surface area contributed by atoms with Gasteiger partial charge < -0.3 is 20.3 Å². The lowest BCUT2D eigenvalue weighted by Gasteiger charge is -2.20. The van der Waals surface area contributed by atoms with E-state index >= 15 is 0 Å². The van der Waals surface area contributed by atoms with Crippen molar-refractivity contribution in [3.05, 3.63) is 18.7 Å². The van der Waals surface area contributed by atoms with E-state index in [1.807, 2.05) is 24.6 Å². The van der Waals surface area contributed by atoms with Gasteiger partial charge in [0.2, 0.25) is 0 Å². The highest BCUT2D eigenvalue weighted by atomic mass is 16.4. The van der Waals surface area contributed by atoms with Crippen LogP contribution in [0.5, 0.6) is 0 Å². The Labute approximate surface area is 124 Å². The van der Waals surface area contributed by atoms with Crippen molar-refractivity contribution in [2.75, 3.05) is 6.54 Å². The van der Waals surface area contributed by atoms with Gasteiger partial charge in [0.25, 0.3) is 0 Å². The highest BCUT2D eigenvalue weighted by Crippen LogP contribution is 2.07. The molecular formula is C14H24N4O3. The van der Waals surface area contributed by atoms with E-state index in [9.17, 15) is 9.59 Å². The molecule has 2 unspecified atom stereocenters. The average molecular weight is 296 g/mol. The number of aliphatic carboxylic acids is 1. The maximum atomic E-state index is 11.7. The summed E-state index contributed by atoms with van der Waals surface area (Å²) in [6, 6.07) is -1.27. The third kappa shape index (κ3) is 6.29. The number of rotatable bonds is 9. The second-order valence-corrected chi connectivity index (χ2v) is 5.11. The van der Waals surface area contributed by atoms with Crippen molar-refractivity contribution in [3.8, 4) is 0 Å². The number of imidazole rings is 1. The van der Waals surface area contributed by atoms with Crippen molar-refractivity contribution in [3.63, 3.8) is 0 Å². The van der Waals surface area contributed by atoms with Gasteiger partial charge in [-0.1, -0.05) is 20.3 Å². The van der Waals surface area contributed by atoms with E-state index in [2.05, 4.69) is 15.6 Å². The van der Waals surface area contributed by atoms with E-state index in [0.717, 1.165) is 19.4 Å². The largest absolute Gasteiger partial charge is 0.480 e. The zero-order valence-corrected chi connectivity index (χ0v) is 12.6. The van der Waals surface area contributed by atoms with E-state index in [0.29, 0.717) is 13.0 Å². The molecule has 0 bridgehead atoms. The molecule has 0 aliphatic rings. The number of carboxylic acids is 1. The van der Waals surface area contributed by atoms with E-state index in [4.69, 9.17) is 5.11 Å². The van der Waals surface area contributed by atoms with Crippen LogP contribution in [0, 0.1) is 5.92 Å². The van der Waals surface area contributed by atoms with Gasteiger partial charge in [-0.3, -0.25) is 0 Å². The third-order valence-corrected chi connectivity index (χ3v) is 3.45. The summed E-state index contributed by atoms with van der Waals surface area (Å²) in [5.41, 5.74) is 0. The first kappa shape index (κ1) is 17.0. The molecule has 0 spiro atoms. The van der Waals surface area contributed by atoms with E-state index in [-0.39, 0.29) is 5.92 Å². The summed E-state index contributed by atoms with van der Waals surface area (Å²) in [7, 11) is 0. The number of nitrogens with one attached hydrogen (secondary N) is 2. The molecule has 7 nitrogen and oxygen atoms in total. The molecule has 0 saturated carbocycles. The van der Waals surface area contributed by atoms with E-state index in [1.54, 1.807) is 12.5 Å². The smallest absolute Gasteiger partial charge is 0.326 e. The van der Waals surface area contributed by atoms with Crippen molar-refractivity contribution in [2.24, 2.45) is 5.92 Å². The summed E-state index contributed by atoms with van der Waals surface area (Å²) >= 11 is 0. The molecule has 2 amide bonds. The van der Waals surface area contributed by atoms with Crippen molar-refractivity contribution in [1.82, 2.24) is 20.2 Å². The molecule has 0 saturated heterocycles. The summed E-state index contributed by atoms with van der Waals surface area (Å²) in [5, 5.41) is 14.3. The van der Waals surface area contributed by atoms with Crippen molar-refractivity contribution in [2.45, 2.75) is 45.7 Å². The first-order chi connectivity index (χ1) is 10.0. The van der Waals surface area contributed by atoms with Crippen LogP contribution in [0.25, 0.3) is 0 Å². The summed E-state index contributed by atoms with van der Waals surface area (Å²) in [5.74, 6) is -1.10. The lowest BCUT2D eigenvalue weighted by atomic mass is 9.99. The highest BCUT2D eigenvalue weighted by Gasteiger charge is 2.24. The molecule has 118 valence electrons. The van der Waals surface area contributed by atoms with Gasteiger partial charge in [-0.25, -0.2) is 14.6 Å². The van der Waals surface area contributed by atoms with Crippen LogP contribution in [-0.4, -0.2) is 39.2 Å². The van der Waals surface area contributed by atoms with Crippen LogP contribution in [0.15, 0.2) is 18.7 Å². The molecule has 1 rings (SSSR count). The maximum absolute atomic E-state index is 11.7. The lowest BCUT2D eigenvalue weighted by molar-refractivity contribution is -0.140. The first-order valence-corrected chi connectivity index (χ1v) is 7.27. The number of urea groups is 1. The number of carbonyl (C=O) groups excluding carboxylic acids is 1. The summed E-state index contributed by atoms with van der Waals surface area (Å²) in [6.45, 7) is 5.09. The Hall–Kier alpha value is -2.05. The number of carboxylic acid groups (broad SMARTS) is 1. The zero-order valence-electron chi connectivity index (χ0n) is 12.6. The van der Waals surface area contributed by atoms with Crippen LogP contribution in [0.3, 0.4) is 0 Å². The monoisotopic (exact) mass is 296 g/mol. The Morgan fingerprint density at radius 1 is 1.38 bits per heavy atom. The molecule has 2 atom stereocenters. The molecule has 1 aromatic rings. The molecule has 0 aliphatic heterocycles. The molecule has 1 heterocycles. The van der Waals surface area contributed by atoms with E-state index < -0.39 is 18.0 Å². The minimum absolute atomic E-state index is 0.102. The van der Waals surface area contributed by atoms with Gasteiger partial charge in [-0.05, 0) is 18.8 Å². The molecule has 0 aromatic carbocycles. The maximum Gasteiger partial charge on any atom is 0.326 e.